The molecule has 1 saturated heterocycles. The van der Waals surface area contributed by atoms with Crippen LogP contribution < -0.4 is 4.74 Å². The minimum atomic E-state index is 0.114. The quantitative estimate of drug-likeness (QED) is 0.752. The van der Waals surface area contributed by atoms with E-state index < -0.39 is 0 Å². The van der Waals surface area contributed by atoms with Crippen LogP contribution in [0.2, 0.25) is 0 Å². The number of hydrogen-bond donors (Lipinski definition) is 0. The van der Waals surface area contributed by atoms with Gasteiger partial charge in [-0.15, -0.1) is 0 Å². The highest BCUT2D eigenvalue weighted by Crippen LogP contribution is 2.25. The molecule has 0 radical (unpaired) electrons. The van der Waals surface area contributed by atoms with Crippen molar-refractivity contribution in [3.8, 4) is 5.75 Å². The summed E-state index contributed by atoms with van der Waals surface area (Å²) in [6.07, 6.45) is 5.74. The van der Waals surface area contributed by atoms with Crippen LogP contribution >= 0.6 is 0 Å². The molecule has 0 atom stereocenters. The number of likely N-dealkylation sites (N-methyl/N-ethyl adjacent to an activating group) is 1. The fourth-order valence-corrected chi connectivity index (χ4v) is 4.14. The Labute approximate surface area is 168 Å². The van der Waals surface area contributed by atoms with Crippen molar-refractivity contribution >= 4 is 11.8 Å². The topological polar surface area (TPSA) is 53.1 Å². The van der Waals surface area contributed by atoms with E-state index in [0.29, 0.717) is 19.0 Å². The summed E-state index contributed by atoms with van der Waals surface area (Å²) in [6, 6.07) is 7.79. The van der Waals surface area contributed by atoms with Crippen molar-refractivity contribution in [3.05, 3.63) is 29.8 Å². The molecule has 2 amide bonds. The number of carbonyl (C=O) groups is 2. The largest absolute Gasteiger partial charge is 0.497 e. The minimum absolute atomic E-state index is 0.114. The second-order valence-electron chi connectivity index (χ2n) is 8.03. The summed E-state index contributed by atoms with van der Waals surface area (Å²) in [7, 11) is 3.49. The van der Waals surface area contributed by atoms with Crippen molar-refractivity contribution in [1.29, 1.82) is 0 Å². The van der Waals surface area contributed by atoms with Crippen LogP contribution in [0.3, 0.4) is 0 Å². The molecule has 3 rings (SSSR count). The summed E-state index contributed by atoms with van der Waals surface area (Å²) in [4.78, 5) is 31.2. The Morgan fingerprint density at radius 1 is 1.04 bits per heavy atom. The zero-order valence-electron chi connectivity index (χ0n) is 17.2. The molecule has 6 heteroatoms. The van der Waals surface area contributed by atoms with E-state index >= 15 is 0 Å². The fourth-order valence-electron chi connectivity index (χ4n) is 4.14. The molecular formula is C22H33N3O3. The monoisotopic (exact) mass is 387 g/mol. The van der Waals surface area contributed by atoms with E-state index in [1.807, 2.05) is 36.2 Å². The molecule has 154 valence electrons. The van der Waals surface area contributed by atoms with Crippen LogP contribution in [0.15, 0.2) is 24.3 Å². The van der Waals surface area contributed by atoms with Crippen molar-refractivity contribution in [3.63, 3.8) is 0 Å². The van der Waals surface area contributed by atoms with Crippen molar-refractivity contribution in [2.24, 2.45) is 5.92 Å². The lowest BCUT2D eigenvalue weighted by atomic mass is 9.88. The molecule has 1 saturated carbocycles. The average molecular weight is 388 g/mol. The Bertz CT molecular complexity index is 647. The Morgan fingerprint density at radius 3 is 2.29 bits per heavy atom. The van der Waals surface area contributed by atoms with Crippen LogP contribution in [-0.4, -0.2) is 73.4 Å². The lowest BCUT2D eigenvalue weighted by molar-refractivity contribution is -0.139. The molecule has 0 bridgehead atoms. The number of hydrogen-bond acceptors (Lipinski definition) is 4. The Morgan fingerprint density at radius 2 is 1.68 bits per heavy atom. The first-order valence-electron chi connectivity index (χ1n) is 10.4. The van der Waals surface area contributed by atoms with Crippen LogP contribution in [0.1, 0.15) is 37.7 Å². The second kappa shape index (κ2) is 9.92. The maximum absolute atomic E-state index is 12.7. The SMILES string of the molecule is COc1ccc(CN(C)C(=O)CN2CCN(C(=O)C3CCCCC3)CC2)cc1. The van der Waals surface area contributed by atoms with E-state index in [2.05, 4.69) is 4.90 Å². The molecular weight excluding hydrogens is 354 g/mol. The van der Waals surface area contributed by atoms with Gasteiger partial charge in [-0.05, 0) is 30.5 Å². The molecule has 6 nitrogen and oxygen atoms in total. The summed E-state index contributed by atoms with van der Waals surface area (Å²) in [6.45, 7) is 4.04. The predicted molar refractivity (Wildman–Crippen MR) is 109 cm³/mol. The normalized spacial score (nSPS) is 18.7. The first-order chi connectivity index (χ1) is 13.6. The van der Waals surface area contributed by atoms with Crippen LogP contribution in [0.25, 0.3) is 0 Å². The molecule has 28 heavy (non-hydrogen) atoms. The first kappa shape index (κ1) is 20.6. The van der Waals surface area contributed by atoms with Crippen molar-refractivity contribution in [2.45, 2.75) is 38.6 Å². The average Bonchev–Trinajstić information content (AvgIpc) is 2.75. The van der Waals surface area contributed by atoms with Crippen LogP contribution in [-0.2, 0) is 16.1 Å². The lowest BCUT2D eigenvalue weighted by Crippen LogP contribution is -2.52. The molecule has 0 spiro atoms. The van der Waals surface area contributed by atoms with Gasteiger partial charge in [0.2, 0.25) is 11.8 Å². The Hall–Kier alpha value is -2.08. The summed E-state index contributed by atoms with van der Waals surface area (Å²) in [5, 5.41) is 0. The third kappa shape index (κ3) is 5.47. The van der Waals surface area contributed by atoms with E-state index in [-0.39, 0.29) is 11.8 Å². The molecule has 2 fully saturated rings. The minimum Gasteiger partial charge on any atom is -0.497 e. The zero-order chi connectivity index (χ0) is 19.9. The van der Waals surface area contributed by atoms with Gasteiger partial charge < -0.3 is 14.5 Å². The summed E-state index contributed by atoms with van der Waals surface area (Å²) >= 11 is 0. The second-order valence-corrected chi connectivity index (χ2v) is 8.03. The Balaban J connectivity index is 1.41. The van der Waals surface area contributed by atoms with E-state index in [4.69, 9.17) is 4.74 Å². The molecule has 0 N–H and O–H groups in total. The van der Waals surface area contributed by atoms with Gasteiger partial charge >= 0.3 is 0 Å². The highest BCUT2D eigenvalue weighted by molar-refractivity contribution is 5.79. The van der Waals surface area contributed by atoms with E-state index in [0.717, 1.165) is 50.3 Å². The van der Waals surface area contributed by atoms with Gasteiger partial charge in [0.15, 0.2) is 0 Å². The standard InChI is InChI=1S/C22H33N3O3/c1-23(16-18-8-10-20(28-2)11-9-18)21(26)17-24-12-14-25(15-13-24)22(27)19-6-4-3-5-7-19/h8-11,19H,3-7,12-17H2,1-2H3. The van der Waals surface area contributed by atoms with E-state index in [1.54, 1.807) is 12.0 Å². The third-order valence-electron chi connectivity index (χ3n) is 6.00. The van der Waals surface area contributed by atoms with E-state index in [9.17, 15) is 9.59 Å². The van der Waals surface area contributed by atoms with Gasteiger partial charge in [0.05, 0.1) is 13.7 Å². The predicted octanol–water partition coefficient (Wildman–Crippen LogP) is 2.38. The summed E-state index contributed by atoms with van der Waals surface area (Å²) in [5.74, 6) is 1.50. The lowest BCUT2D eigenvalue weighted by Gasteiger charge is -2.37. The van der Waals surface area contributed by atoms with Gasteiger partial charge in [0, 0.05) is 45.7 Å². The van der Waals surface area contributed by atoms with Gasteiger partial charge in [-0.1, -0.05) is 31.4 Å². The number of carbonyl (C=O) groups excluding carboxylic acids is 2. The van der Waals surface area contributed by atoms with Crippen LogP contribution in [0.5, 0.6) is 5.75 Å². The number of ether oxygens (including phenoxy) is 1. The zero-order valence-corrected chi connectivity index (χ0v) is 17.2. The molecule has 2 aliphatic rings. The molecule has 1 heterocycles. The number of piperazine rings is 1. The molecule has 1 aromatic carbocycles. The number of rotatable bonds is 6. The van der Waals surface area contributed by atoms with Gasteiger partial charge in [0.25, 0.3) is 0 Å². The number of methoxy groups -OCH3 is 1. The van der Waals surface area contributed by atoms with Crippen molar-refractivity contribution in [1.82, 2.24) is 14.7 Å². The first-order valence-corrected chi connectivity index (χ1v) is 10.4. The number of amides is 2. The maximum Gasteiger partial charge on any atom is 0.236 e. The van der Waals surface area contributed by atoms with Crippen molar-refractivity contribution in [2.75, 3.05) is 46.9 Å². The van der Waals surface area contributed by atoms with Crippen LogP contribution in [0, 0.1) is 5.92 Å². The highest BCUT2D eigenvalue weighted by atomic mass is 16.5. The maximum atomic E-state index is 12.7. The van der Waals surface area contributed by atoms with Crippen LogP contribution in [0.4, 0.5) is 0 Å². The molecule has 1 aromatic rings. The highest BCUT2D eigenvalue weighted by Gasteiger charge is 2.29. The number of nitrogens with zero attached hydrogens (tertiary/aromatic N) is 3. The number of benzene rings is 1. The third-order valence-corrected chi connectivity index (χ3v) is 6.00. The van der Waals surface area contributed by atoms with Gasteiger partial charge in [0.1, 0.15) is 5.75 Å². The summed E-state index contributed by atoms with van der Waals surface area (Å²) in [5.41, 5.74) is 1.08. The molecule has 1 aliphatic heterocycles. The molecule has 0 aromatic heterocycles. The Kier molecular flexibility index (Phi) is 7.31. The smallest absolute Gasteiger partial charge is 0.236 e. The fraction of sp³-hybridized carbons (Fsp3) is 0.636. The van der Waals surface area contributed by atoms with E-state index in [1.165, 1.54) is 19.3 Å². The van der Waals surface area contributed by atoms with Crippen molar-refractivity contribution < 1.29 is 14.3 Å². The molecule has 0 unspecified atom stereocenters. The van der Waals surface area contributed by atoms with Gasteiger partial charge in [-0.3, -0.25) is 14.5 Å². The molecule has 1 aliphatic carbocycles. The van der Waals surface area contributed by atoms with Gasteiger partial charge in [-0.2, -0.15) is 0 Å². The van der Waals surface area contributed by atoms with Gasteiger partial charge in [-0.25, -0.2) is 0 Å². The summed E-state index contributed by atoms with van der Waals surface area (Å²) < 4.78 is 5.17.